The number of aromatic nitrogens is 2. The molecule has 0 aliphatic carbocycles. The normalized spacial score (nSPS) is 11.7. The number of H-pyrrole nitrogens is 1. The highest BCUT2D eigenvalue weighted by molar-refractivity contribution is 5.80. The molecule has 0 saturated carbocycles. The van der Waals surface area contributed by atoms with Crippen LogP contribution < -0.4 is 0 Å². The van der Waals surface area contributed by atoms with Crippen LogP contribution in [0.15, 0.2) is 24.4 Å². The minimum Gasteiger partial charge on any atom is -0.460 e. The molecule has 2 rings (SSSR count). The largest absolute Gasteiger partial charge is 0.460 e. The van der Waals surface area contributed by atoms with Gasteiger partial charge in [-0.2, -0.15) is 5.10 Å². The van der Waals surface area contributed by atoms with E-state index in [1.807, 2.05) is 39.0 Å². The average Bonchev–Trinajstić information content (AvgIpc) is 2.61. The van der Waals surface area contributed by atoms with Gasteiger partial charge < -0.3 is 4.74 Å². The van der Waals surface area contributed by atoms with Crippen LogP contribution in [0, 0.1) is 0 Å². The molecule has 1 heterocycles. The van der Waals surface area contributed by atoms with Gasteiger partial charge in [0.1, 0.15) is 5.60 Å². The number of benzene rings is 1. The molecule has 1 aromatic carbocycles. The molecular weight excluding hydrogens is 216 g/mol. The van der Waals surface area contributed by atoms with Crippen molar-refractivity contribution in [2.75, 3.05) is 0 Å². The van der Waals surface area contributed by atoms with E-state index in [9.17, 15) is 4.79 Å². The molecule has 0 fully saturated rings. The van der Waals surface area contributed by atoms with Gasteiger partial charge in [-0.05, 0) is 38.5 Å². The summed E-state index contributed by atoms with van der Waals surface area (Å²) in [5.74, 6) is -0.208. The van der Waals surface area contributed by atoms with Crippen molar-refractivity contribution in [3.05, 3.63) is 30.0 Å². The molecule has 0 spiro atoms. The summed E-state index contributed by atoms with van der Waals surface area (Å²) < 4.78 is 5.27. The summed E-state index contributed by atoms with van der Waals surface area (Å²) in [6, 6.07) is 5.77. The Balaban J connectivity index is 2.10. The monoisotopic (exact) mass is 232 g/mol. The molecule has 0 bridgehead atoms. The summed E-state index contributed by atoms with van der Waals surface area (Å²) in [6.45, 7) is 5.60. The Kier molecular flexibility index (Phi) is 2.88. The first-order valence-electron chi connectivity index (χ1n) is 5.58. The van der Waals surface area contributed by atoms with Crippen molar-refractivity contribution in [1.82, 2.24) is 10.2 Å². The van der Waals surface area contributed by atoms with Crippen LogP contribution in [0.3, 0.4) is 0 Å². The van der Waals surface area contributed by atoms with Gasteiger partial charge in [-0.25, -0.2) is 0 Å². The Bertz CT molecular complexity index is 538. The number of nitrogens with zero attached hydrogens (tertiary/aromatic N) is 1. The van der Waals surface area contributed by atoms with Crippen LogP contribution in [-0.4, -0.2) is 21.8 Å². The van der Waals surface area contributed by atoms with Crippen LogP contribution in [0.1, 0.15) is 26.3 Å². The zero-order valence-corrected chi connectivity index (χ0v) is 10.3. The molecule has 0 atom stereocenters. The second-order valence-corrected chi connectivity index (χ2v) is 5.05. The third-order valence-electron chi connectivity index (χ3n) is 2.27. The van der Waals surface area contributed by atoms with Gasteiger partial charge in [0.05, 0.1) is 18.1 Å². The second-order valence-electron chi connectivity index (χ2n) is 5.05. The Hall–Kier alpha value is -1.84. The average molecular weight is 232 g/mol. The second kappa shape index (κ2) is 4.20. The van der Waals surface area contributed by atoms with Gasteiger partial charge in [0.15, 0.2) is 0 Å². The van der Waals surface area contributed by atoms with Crippen molar-refractivity contribution >= 4 is 16.9 Å². The van der Waals surface area contributed by atoms with Gasteiger partial charge in [-0.3, -0.25) is 9.89 Å². The number of rotatable bonds is 2. The van der Waals surface area contributed by atoms with Crippen molar-refractivity contribution in [1.29, 1.82) is 0 Å². The Morgan fingerprint density at radius 1 is 1.41 bits per heavy atom. The van der Waals surface area contributed by atoms with E-state index in [1.165, 1.54) is 0 Å². The smallest absolute Gasteiger partial charge is 0.310 e. The first kappa shape index (κ1) is 11.6. The van der Waals surface area contributed by atoms with E-state index in [4.69, 9.17) is 4.74 Å². The van der Waals surface area contributed by atoms with Gasteiger partial charge >= 0.3 is 5.97 Å². The highest BCUT2D eigenvalue weighted by Gasteiger charge is 2.16. The van der Waals surface area contributed by atoms with Crippen LogP contribution in [0.25, 0.3) is 10.9 Å². The molecule has 0 amide bonds. The zero-order chi connectivity index (χ0) is 12.5. The van der Waals surface area contributed by atoms with E-state index in [0.29, 0.717) is 6.42 Å². The fourth-order valence-electron chi connectivity index (χ4n) is 1.65. The van der Waals surface area contributed by atoms with Crippen molar-refractivity contribution in [3.8, 4) is 0 Å². The van der Waals surface area contributed by atoms with Gasteiger partial charge in [-0.1, -0.05) is 6.07 Å². The van der Waals surface area contributed by atoms with Gasteiger partial charge in [0.2, 0.25) is 0 Å². The zero-order valence-electron chi connectivity index (χ0n) is 10.3. The summed E-state index contributed by atoms with van der Waals surface area (Å²) in [6.07, 6.45) is 2.03. The van der Waals surface area contributed by atoms with Crippen LogP contribution >= 0.6 is 0 Å². The number of hydrogen-bond acceptors (Lipinski definition) is 3. The van der Waals surface area contributed by atoms with E-state index in [-0.39, 0.29) is 5.97 Å². The minimum absolute atomic E-state index is 0.208. The molecule has 0 aliphatic rings. The van der Waals surface area contributed by atoms with Crippen LogP contribution in [0.4, 0.5) is 0 Å². The van der Waals surface area contributed by atoms with Gasteiger partial charge in [0.25, 0.3) is 0 Å². The lowest BCUT2D eigenvalue weighted by molar-refractivity contribution is -0.153. The number of carbonyl (C=O) groups excluding carboxylic acids is 1. The Labute approximate surface area is 100.0 Å². The highest BCUT2D eigenvalue weighted by atomic mass is 16.6. The molecule has 17 heavy (non-hydrogen) atoms. The van der Waals surface area contributed by atoms with Gasteiger partial charge in [0, 0.05) is 5.39 Å². The summed E-state index contributed by atoms with van der Waals surface area (Å²) in [4.78, 5) is 11.7. The lowest BCUT2D eigenvalue weighted by atomic mass is 10.1. The number of esters is 1. The first-order valence-corrected chi connectivity index (χ1v) is 5.58. The number of fused-ring (bicyclic) bond motifs is 1. The first-order chi connectivity index (χ1) is 7.94. The van der Waals surface area contributed by atoms with E-state index in [2.05, 4.69) is 10.2 Å². The van der Waals surface area contributed by atoms with Crippen LogP contribution in [0.2, 0.25) is 0 Å². The summed E-state index contributed by atoms with van der Waals surface area (Å²) in [5, 5.41) is 7.82. The number of carbonyl (C=O) groups is 1. The predicted octanol–water partition coefficient (Wildman–Crippen LogP) is 2.45. The maximum Gasteiger partial charge on any atom is 0.310 e. The molecule has 2 aromatic rings. The van der Waals surface area contributed by atoms with Crippen molar-refractivity contribution in [2.45, 2.75) is 32.8 Å². The summed E-state index contributed by atoms with van der Waals surface area (Å²) >= 11 is 0. The standard InChI is InChI=1S/C13H16N2O2/c1-13(2,3)17-12(16)7-9-4-5-11-10(6-9)8-14-15-11/h4-6,8H,7H2,1-3H3,(H,14,15). The van der Waals surface area contributed by atoms with Crippen LogP contribution in [-0.2, 0) is 16.0 Å². The fourth-order valence-corrected chi connectivity index (χ4v) is 1.65. The van der Waals surface area contributed by atoms with E-state index >= 15 is 0 Å². The number of hydrogen-bond donors (Lipinski definition) is 1. The number of nitrogens with one attached hydrogen (secondary N) is 1. The molecule has 90 valence electrons. The Morgan fingerprint density at radius 2 is 2.18 bits per heavy atom. The highest BCUT2D eigenvalue weighted by Crippen LogP contribution is 2.15. The van der Waals surface area contributed by atoms with E-state index in [0.717, 1.165) is 16.5 Å². The fraction of sp³-hybridized carbons (Fsp3) is 0.385. The SMILES string of the molecule is CC(C)(C)OC(=O)Cc1ccc2[nH]ncc2c1. The molecule has 0 saturated heterocycles. The summed E-state index contributed by atoms with van der Waals surface area (Å²) in [5.41, 5.74) is 1.47. The maximum atomic E-state index is 11.7. The van der Waals surface area contributed by atoms with Gasteiger partial charge in [-0.15, -0.1) is 0 Å². The molecule has 0 radical (unpaired) electrons. The third-order valence-corrected chi connectivity index (χ3v) is 2.27. The summed E-state index contributed by atoms with van der Waals surface area (Å²) in [7, 11) is 0. The number of ether oxygens (including phenoxy) is 1. The predicted molar refractivity (Wildman–Crippen MR) is 65.6 cm³/mol. The van der Waals surface area contributed by atoms with Crippen molar-refractivity contribution in [2.24, 2.45) is 0 Å². The molecule has 4 nitrogen and oxygen atoms in total. The lowest BCUT2D eigenvalue weighted by Gasteiger charge is -2.19. The van der Waals surface area contributed by atoms with Crippen LogP contribution in [0.5, 0.6) is 0 Å². The molecule has 1 aromatic heterocycles. The molecule has 1 N–H and O–H groups in total. The van der Waals surface area contributed by atoms with E-state index in [1.54, 1.807) is 6.20 Å². The minimum atomic E-state index is -0.434. The quantitative estimate of drug-likeness (QED) is 0.809. The maximum absolute atomic E-state index is 11.7. The van der Waals surface area contributed by atoms with Crippen molar-refractivity contribution < 1.29 is 9.53 Å². The van der Waals surface area contributed by atoms with E-state index < -0.39 is 5.60 Å². The molecular formula is C13H16N2O2. The Morgan fingerprint density at radius 3 is 2.88 bits per heavy atom. The molecule has 0 unspecified atom stereocenters. The number of aromatic amines is 1. The third kappa shape index (κ3) is 3.06. The molecule has 0 aliphatic heterocycles. The lowest BCUT2D eigenvalue weighted by Crippen LogP contribution is -2.24. The molecule has 4 heteroatoms. The van der Waals surface area contributed by atoms with Crippen molar-refractivity contribution in [3.63, 3.8) is 0 Å². The topological polar surface area (TPSA) is 55.0 Å².